The molecule has 2 aromatic heterocycles. The molecule has 0 saturated carbocycles. The van der Waals surface area contributed by atoms with Crippen LogP contribution in [-0.4, -0.2) is 37.2 Å². The van der Waals surface area contributed by atoms with Crippen molar-refractivity contribution in [3.63, 3.8) is 0 Å². The van der Waals surface area contributed by atoms with Gasteiger partial charge in [0, 0.05) is 6.54 Å². The Balaban J connectivity index is 1.32. The molecule has 0 aliphatic carbocycles. The second-order valence-corrected chi connectivity index (χ2v) is 7.15. The van der Waals surface area contributed by atoms with E-state index in [1.165, 1.54) is 15.6 Å². The summed E-state index contributed by atoms with van der Waals surface area (Å²) in [6.07, 6.45) is 1.33. The molecule has 4 aromatic rings. The van der Waals surface area contributed by atoms with Crippen molar-refractivity contribution in [2.24, 2.45) is 0 Å². The predicted molar refractivity (Wildman–Crippen MR) is 110 cm³/mol. The molecule has 31 heavy (non-hydrogen) atoms. The Morgan fingerprint density at radius 3 is 2.90 bits per heavy atom. The fourth-order valence-electron chi connectivity index (χ4n) is 3.35. The molecule has 0 radical (unpaired) electrons. The molecule has 10 nitrogen and oxygen atoms in total. The number of carbonyl (C=O) groups excluding carboxylic acids is 1. The summed E-state index contributed by atoms with van der Waals surface area (Å²) < 4.78 is 13.3. The van der Waals surface area contributed by atoms with Gasteiger partial charge in [-0.05, 0) is 42.3 Å². The normalized spacial score (nSPS) is 12.3. The zero-order valence-electron chi connectivity index (χ0n) is 16.6. The van der Waals surface area contributed by atoms with Crippen LogP contribution in [0.25, 0.3) is 16.9 Å². The summed E-state index contributed by atoms with van der Waals surface area (Å²) in [5, 5.41) is 10.8. The Morgan fingerprint density at radius 1 is 1.16 bits per heavy atom. The van der Waals surface area contributed by atoms with E-state index in [0.29, 0.717) is 23.7 Å². The maximum Gasteiger partial charge on any atom is 0.284 e. The Bertz CT molecular complexity index is 1360. The smallest absolute Gasteiger partial charge is 0.284 e. The van der Waals surface area contributed by atoms with Crippen molar-refractivity contribution in [3.8, 4) is 17.2 Å². The van der Waals surface area contributed by atoms with Gasteiger partial charge in [-0.2, -0.15) is 4.68 Å². The van der Waals surface area contributed by atoms with Crippen LogP contribution in [0.4, 0.5) is 0 Å². The number of nitrogens with one attached hydrogen (secondary N) is 1. The SMILES string of the molecule is Cc1cccc(-n2nnc3c(=O)n(CC(=O)NCc4ccc5c(c4)OCO5)cnc32)c1. The van der Waals surface area contributed by atoms with E-state index in [1.54, 1.807) is 6.07 Å². The molecular formula is C21H18N6O4. The summed E-state index contributed by atoms with van der Waals surface area (Å²) in [5.74, 6) is 1.00. The third kappa shape index (κ3) is 3.59. The maximum absolute atomic E-state index is 12.8. The van der Waals surface area contributed by atoms with Gasteiger partial charge in [-0.25, -0.2) is 4.98 Å². The number of rotatable bonds is 5. The first-order chi connectivity index (χ1) is 15.1. The number of amides is 1. The summed E-state index contributed by atoms with van der Waals surface area (Å²) >= 11 is 0. The zero-order valence-corrected chi connectivity index (χ0v) is 16.6. The molecule has 0 spiro atoms. The van der Waals surface area contributed by atoms with Gasteiger partial charge in [0.25, 0.3) is 5.56 Å². The molecule has 156 valence electrons. The van der Waals surface area contributed by atoms with Crippen LogP contribution in [0.1, 0.15) is 11.1 Å². The van der Waals surface area contributed by atoms with Crippen LogP contribution in [0.2, 0.25) is 0 Å². The molecule has 1 amide bonds. The summed E-state index contributed by atoms with van der Waals surface area (Å²) in [6, 6.07) is 13.1. The topological polar surface area (TPSA) is 113 Å². The number of benzene rings is 2. The molecule has 1 aliphatic rings. The Labute approximate surface area is 176 Å². The number of aromatic nitrogens is 5. The van der Waals surface area contributed by atoms with Crippen LogP contribution in [0.5, 0.6) is 11.5 Å². The monoisotopic (exact) mass is 418 g/mol. The van der Waals surface area contributed by atoms with Crippen LogP contribution in [0.15, 0.2) is 53.6 Å². The molecule has 10 heteroatoms. The van der Waals surface area contributed by atoms with Gasteiger partial charge < -0.3 is 14.8 Å². The van der Waals surface area contributed by atoms with E-state index in [4.69, 9.17) is 9.47 Å². The van der Waals surface area contributed by atoms with Gasteiger partial charge in [0.2, 0.25) is 12.7 Å². The van der Waals surface area contributed by atoms with E-state index in [2.05, 4.69) is 20.6 Å². The first-order valence-corrected chi connectivity index (χ1v) is 9.61. The number of hydrogen-bond donors (Lipinski definition) is 1. The second kappa shape index (κ2) is 7.56. The Kier molecular flexibility index (Phi) is 4.58. The summed E-state index contributed by atoms with van der Waals surface area (Å²) in [7, 11) is 0. The van der Waals surface area contributed by atoms with E-state index in [-0.39, 0.29) is 24.8 Å². The fourth-order valence-corrected chi connectivity index (χ4v) is 3.35. The quantitative estimate of drug-likeness (QED) is 0.520. The second-order valence-electron chi connectivity index (χ2n) is 7.15. The lowest BCUT2D eigenvalue weighted by atomic mass is 10.2. The summed E-state index contributed by atoms with van der Waals surface area (Å²) in [4.78, 5) is 29.5. The first-order valence-electron chi connectivity index (χ1n) is 9.61. The molecular weight excluding hydrogens is 400 g/mol. The largest absolute Gasteiger partial charge is 0.454 e. The van der Waals surface area contributed by atoms with Crippen LogP contribution < -0.4 is 20.3 Å². The third-order valence-corrected chi connectivity index (χ3v) is 4.92. The Morgan fingerprint density at radius 2 is 2.03 bits per heavy atom. The molecule has 0 fully saturated rings. The van der Waals surface area contributed by atoms with E-state index in [1.807, 2.05) is 43.3 Å². The minimum absolute atomic E-state index is 0.104. The molecule has 2 aromatic carbocycles. The third-order valence-electron chi connectivity index (χ3n) is 4.92. The summed E-state index contributed by atoms with van der Waals surface area (Å²) in [5.41, 5.74) is 2.68. The average molecular weight is 418 g/mol. The van der Waals surface area contributed by atoms with Crippen molar-refractivity contribution in [1.29, 1.82) is 0 Å². The molecule has 3 heterocycles. The summed E-state index contributed by atoms with van der Waals surface area (Å²) in [6.45, 7) is 2.27. The van der Waals surface area contributed by atoms with Gasteiger partial charge in [-0.3, -0.25) is 14.2 Å². The Hall–Kier alpha value is -4.21. The van der Waals surface area contributed by atoms with Gasteiger partial charge >= 0.3 is 0 Å². The molecule has 0 bridgehead atoms. The van der Waals surface area contributed by atoms with Crippen LogP contribution in [0, 0.1) is 6.92 Å². The van der Waals surface area contributed by atoms with Gasteiger partial charge in [0.15, 0.2) is 22.7 Å². The number of aryl methyl sites for hydroxylation is 1. The van der Waals surface area contributed by atoms with E-state index >= 15 is 0 Å². The molecule has 0 atom stereocenters. The minimum atomic E-state index is -0.429. The van der Waals surface area contributed by atoms with Crippen molar-refractivity contribution >= 4 is 17.1 Å². The van der Waals surface area contributed by atoms with Gasteiger partial charge in [0.1, 0.15) is 12.9 Å². The zero-order chi connectivity index (χ0) is 21.4. The number of hydrogen-bond acceptors (Lipinski definition) is 7. The van der Waals surface area contributed by atoms with Crippen LogP contribution in [0.3, 0.4) is 0 Å². The van der Waals surface area contributed by atoms with Gasteiger partial charge in [0.05, 0.1) is 5.69 Å². The molecule has 5 rings (SSSR count). The van der Waals surface area contributed by atoms with Crippen molar-refractivity contribution in [2.75, 3.05) is 6.79 Å². The van der Waals surface area contributed by atoms with Crippen molar-refractivity contribution in [1.82, 2.24) is 29.9 Å². The number of nitrogens with zero attached hydrogens (tertiary/aromatic N) is 5. The number of ether oxygens (including phenoxy) is 2. The number of fused-ring (bicyclic) bond motifs is 2. The standard InChI is InChI=1S/C21H18N6O4/c1-13-3-2-4-15(7-13)27-20-19(24-25-27)21(29)26(11-23-20)10-18(28)22-9-14-5-6-16-17(8-14)31-12-30-16/h2-8,11H,9-10,12H2,1H3,(H,22,28). The molecule has 0 unspecified atom stereocenters. The van der Waals surface area contributed by atoms with E-state index in [0.717, 1.165) is 16.8 Å². The lowest BCUT2D eigenvalue weighted by Gasteiger charge is -2.08. The highest BCUT2D eigenvalue weighted by Gasteiger charge is 2.16. The van der Waals surface area contributed by atoms with Crippen LogP contribution >= 0.6 is 0 Å². The van der Waals surface area contributed by atoms with E-state index < -0.39 is 5.56 Å². The van der Waals surface area contributed by atoms with Gasteiger partial charge in [-0.1, -0.05) is 23.4 Å². The van der Waals surface area contributed by atoms with Gasteiger partial charge in [-0.15, -0.1) is 5.10 Å². The number of carbonyl (C=O) groups is 1. The predicted octanol–water partition coefficient (Wildman–Crippen LogP) is 1.33. The lowest BCUT2D eigenvalue weighted by Crippen LogP contribution is -2.32. The lowest BCUT2D eigenvalue weighted by molar-refractivity contribution is -0.121. The van der Waals surface area contributed by atoms with Crippen LogP contribution in [-0.2, 0) is 17.9 Å². The minimum Gasteiger partial charge on any atom is -0.454 e. The van der Waals surface area contributed by atoms with Crippen molar-refractivity contribution in [2.45, 2.75) is 20.0 Å². The maximum atomic E-state index is 12.8. The molecule has 0 saturated heterocycles. The highest BCUT2D eigenvalue weighted by Crippen LogP contribution is 2.32. The molecule has 1 N–H and O–H groups in total. The fraction of sp³-hybridized carbons (Fsp3) is 0.190. The van der Waals surface area contributed by atoms with Crippen molar-refractivity contribution in [3.05, 3.63) is 70.3 Å². The van der Waals surface area contributed by atoms with Crippen molar-refractivity contribution < 1.29 is 14.3 Å². The first kappa shape index (κ1) is 18.8. The molecule has 1 aliphatic heterocycles. The average Bonchev–Trinajstić information content (AvgIpc) is 3.41. The highest BCUT2D eigenvalue weighted by atomic mass is 16.7. The van der Waals surface area contributed by atoms with E-state index in [9.17, 15) is 9.59 Å². The highest BCUT2D eigenvalue weighted by molar-refractivity contribution is 5.76.